The first-order chi connectivity index (χ1) is 9.74. The van der Waals surface area contributed by atoms with E-state index in [0.717, 1.165) is 18.5 Å². The van der Waals surface area contributed by atoms with Gasteiger partial charge in [-0.05, 0) is 37.3 Å². The number of amides is 1. The molecule has 20 heavy (non-hydrogen) atoms. The number of hydrogen-bond donors (Lipinski definition) is 1. The molecule has 1 aliphatic rings. The van der Waals surface area contributed by atoms with E-state index in [9.17, 15) is 4.79 Å². The molecule has 110 valence electrons. The molecule has 0 bridgehead atoms. The maximum absolute atomic E-state index is 12.5. The van der Waals surface area contributed by atoms with Gasteiger partial charge in [-0.2, -0.15) is 11.8 Å². The first-order valence-corrected chi connectivity index (χ1v) is 8.74. The largest absolute Gasteiger partial charge is 0.326 e. The van der Waals surface area contributed by atoms with Crippen LogP contribution in [0.4, 0.5) is 0 Å². The van der Waals surface area contributed by atoms with Gasteiger partial charge in [0.05, 0.1) is 6.17 Å². The number of nitrogens with one attached hydrogen (secondary N) is 1. The lowest BCUT2D eigenvalue weighted by atomic mass is 10.1. The van der Waals surface area contributed by atoms with E-state index in [4.69, 9.17) is 0 Å². The zero-order chi connectivity index (χ0) is 14.4. The molecule has 4 heteroatoms. The minimum Gasteiger partial charge on any atom is -0.326 e. The van der Waals surface area contributed by atoms with Crippen molar-refractivity contribution in [1.29, 1.82) is 0 Å². The van der Waals surface area contributed by atoms with Gasteiger partial charge in [0.1, 0.15) is 6.04 Å². The summed E-state index contributed by atoms with van der Waals surface area (Å²) in [5, 5.41) is 3.39. The Morgan fingerprint density at radius 1 is 1.20 bits per heavy atom. The van der Waals surface area contributed by atoms with E-state index in [1.165, 1.54) is 18.6 Å². The summed E-state index contributed by atoms with van der Waals surface area (Å²) >= 11 is 1.89. The van der Waals surface area contributed by atoms with Crippen LogP contribution in [0.3, 0.4) is 0 Å². The van der Waals surface area contributed by atoms with Gasteiger partial charge < -0.3 is 4.90 Å². The molecule has 2 atom stereocenters. The molecule has 1 aromatic carbocycles. The van der Waals surface area contributed by atoms with Crippen molar-refractivity contribution in [2.45, 2.75) is 38.4 Å². The van der Waals surface area contributed by atoms with Crippen molar-refractivity contribution in [3.8, 4) is 0 Å². The average molecular weight is 292 g/mol. The predicted molar refractivity (Wildman–Crippen MR) is 85.7 cm³/mol. The fraction of sp³-hybridized carbons (Fsp3) is 0.562. The first-order valence-electron chi connectivity index (χ1n) is 7.34. The highest BCUT2D eigenvalue weighted by Gasteiger charge is 2.36. The number of hydrogen-bond acceptors (Lipinski definition) is 3. The molecule has 1 heterocycles. The van der Waals surface area contributed by atoms with Gasteiger partial charge >= 0.3 is 0 Å². The van der Waals surface area contributed by atoms with E-state index in [2.05, 4.69) is 18.5 Å². The zero-order valence-corrected chi connectivity index (χ0v) is 13.2. The SMILES string of the molecule is CSCCCCCN1C(=O)C(c2ccccc2)NC1C. The number of thioether (sulfide) groups is 1. The van der Waals surface area contributed by atoms with Crippen molar-refractivity contribution in [3.05, 3.63) is 35.9 Å². The molecule has 1 fully saturated rings. The molecular formula is C16H24N2OS. The Kier molecular flexibility index (Phi) is 5.92. The van der Waals surface area contributed by atoms with Gasteiger partial charge in [-0.15, -0.1) is 0 Å². The highest BCUT2D eigenvalue weighted by molar-refractivity contribution is 7.98. The molecule has 1 aromatic rings. The molecule has 0 aliphatic carbocycles. The molecule has 1 amide bonds. The maximum Gasteiger partial charge on any atom is 0.245 e. The van der Waals surface area contributed by atoms with Crippen LogP contribution in [0.5, 0.6) is 0 Å². The van der Waals surface area contributed by atoms with E-state index >= 15 is 0 Å². The van der Waals surface area contributed by atoms with Crippen molar-refractivity contribution in [3.63, 3.8) is 0 Å². The molecule has 3 nitrogen and oxygen atoms in total. The van der Waals surface area contributed by atoms with Crippen molar-refractivity contribution in [1.82, 2.24) is 10.2 Å². The van der Waals surface area contributed by atoms with E-state index < -0.39 is 0 Å². The summed E-state index contributed by atoms with van der Waals surface area (Å²) in [6.07, 6.45) is 5.81. The lowest BCUT2D eigenvalue weighted by Crippen LogP contribution is -2.35. The van der Waals surface area contributed by atoms with Crippen molar-refractivity contribution < 1.29 is 4.79 Å². The molecular weight excluding hydrogens is 268 g/mol. The highest BCUT2D eigenvalue weighted by atomic mass is 32.2. The van der Waals surface area contributed by atoms with Gasteiger partial charge in [-0.3, -0.25) is 10.1 Å². The third-order valence-electron chi connectivity index (χ3n) is 3.79. The summed E-state index contributed by atoms with van der Waals surface area (Å²) in [7, 11) is 0. The summed E-state index contributed by atoms with van der Waals surface area (Å²) in [5.41, 5.74) is 1.06. The quantitative estimate of drug-likeness (QED) is 0.784. The predicted octanol–water partition coefficient (Wildman–Crippen LogP) is 3.04. The van der Waals surface area contributed by atoms with Crippen LogP contribution in [0.1, 0.15) is 37.8 Å². The lowest BCUT2D eigenvalue weighted by Gasteiger charge is -2.20. The second-order valence-electron chi connectivity index (χ2n) is 5.27. The van der Waals surface area contributed by atoms with Crippen LogP contribution in [0.25, 0.3) is 0 Å². The molecule has 0 saturated carbocycles. The van der Waals surface area contributed by atoms with Gasteiger partial charge in [0.15, 0.2) is 0 Å². The van der Waals surface area contributed by atoms with Gasteiger partial charge in [0.25, 0.3) is 0 Å². The lowest BCUT2D eigenvalue weighted by molar-refractivity contribution is -0.130. The van der Waals surface area contributed by atoms with Crippen LogP contribution in [-0.2, 0) is 4.79 Å². The summed E-state index contributed by atoms with van der Waals surface area (Å²) in [4.78, 5) is 14.5. The first kappa shape index (κ1) is 15.4. The van der Waals surface area contributed by atoms with E-state index in [1.807, 2.05) is 47.0 Å². The number of benzene rings is 1. The molecule has 2 rings (SSSR count). The summed E-state index contributed by atoms with van der Waals surface area (Å²) in [5.74, 6) is 1.43. The monoisotopic (exact) mass is 292 g/mol. The zero-order valence-electron chi connectivity index (χ0n) is 12.3. The Morgan fingerprint density at radius 3 is 2.65 bits per heavy atom. The van der Waals surface area contributed by atoms with Crippen LogP contribution in [-0.4, -0.2) is 35.5 Å². The number of carbonyl (C=O) groups excluding carboxylic acids is 1. The minimum atomic E-state index is -0.169. The Bertz CT molecular complexity index is 424. The standard InChI is InChI=1S/C16H24N2OS/c1-13-17-15(14-9-5-3-6-10-14)16(19)18(13)11-7-4-8-12-20-2/h3,5-6,9-10,13,15,17H,4,7-8,11-12H2,1-2H3. The number of unbranched alkanes of at least 4 members (excludes halogenated alkanes) is 2. The smallest absolute Gasteiger partial charge is 0.245 e. The summed E-state index contributed by atoms with van der Waals surface area (Å²) in [6, 6.07) is 9.82. The molecule has 0 aromatic heterocycles. The van der Waals surface area contributed by atoms with E-state index in [1.54, 1.807) is 0 Å². The van der Waals surface area contributed by atoms with Crippen LogP contribution in [0.15, 0.2) is 30.3 Å². The number of carbonyl (C=O) groups is 1. The highest BCUT2D eigenvalue weighted by Crippen LogP contribution is 2.24. The van der Waals surface area contributed by atoms with Crippen molar-refractivity contribution >= 4 is 17.7 Å². The third-order valence-corrected chi connectivity index (χ3v) is 4.48. The Hall–Kier alpha value is -1.00. The molecule has 0 radical (unpaired) electrons. The molecule has 0 spiro atoms. The normalized spacial score (nSPS) is 22.5. The van der Waals surface area contributed by atoms with E-state index in [-0.39, 0.29) is 18.1 Å². The summed E-state index contributed by atoms with van der Waals surface area (Å²) < 4.78 is 0. The topological polar surface area (TPSA) is 32.3 Å². The van der Waals surface area contributed by atoms with E-state index in [0.29, 0.717) is 0 Å². The number of rotatable bonds is 7. The second kappa shape index (κ2) is 7.70. The van der Waals surface area contributed by atoms with Crippen LogP contribution >= 0.6 is 11.8 Å². The van der Waals surface area contributed by atoms with Crippen LogP contribution < -0.4 is 5.32 Å². The van der Waals surface area contributed by atoms with Crippen molar-refractivity contribution in [2.24, 2.45) is 0 Å². The fourth-order valence-electron chi connectivity index (χ4n) is 2.65. The number of nitrogens with zero attached hydrogens (tertiary/aromatic N) is 1. The van der Waals surface area contributed by atoms with Gasteiger partial charge in [0, 0.05) is 6.54 Å². The maximum atomic E-state index is 12.5. The molecule has 1 saturated heterocycles. The third kappa shape index (κ3) is 3.76. The van der Waals surface area contributed by atoms with Crippen molar-refractivity contribution in [2.75, 3.05) is 18.6 Å². The van der Waals surface area contributed by atoms with Crippen LogP contribution in [0, 0.1) is 0 Å². The Balaban J connectivity index is 1.87. The molecule has 1 N–H and O–H groups in total. The molecule has 1 aliphatic heterocycles. The minimum absolute atomic E-state index is 0.133. The van der Waals surface area contributed by atoms with Gasteiger partial charge in [-0.1, -0.05) is 36.8 Å². The average Bonchev–Trinajstić information content (AvgIpc) is 2.75. The Morgan fingerprint density at radius 2 is 1.95 bits per heavy atom. The fourth-order valence-corrected chi connectivity index (χ4v) is 3.15. The second-order valence-corrected chi connectivity index (χ2v) is 6.26. The summed E-state index contributed by atoms with van der Waals surface area (Å²) in [6.45, 7) is 2.94. The molecule has 2 unspecified atom stereocenters. The van der Waals surface area contributed by atoms with Crippen LogP contribution in [0.2, 0.25) is 0 Å². The van der Waals surface area contributed by atoms with Gasteiger partial charge in [-0.25, -0.2) is 0 Å². The van der Waals surface area contributed by atoms with Gasteiger partial charge in [0.2, 0.25) is 5.91 Å². The Labute approximate surface area is 126 Å².